The van der Waals surface area contributed by atoms with Crippen LogP contribution in [0.2, 0.25) is 0 Å². The summed E-state index contributed by atoms with van der Waals surface area (Å²) in [6.45, 7) is 6.98. The normalized spacial score (nSPS) is 17.1. The molecule has 1 aliphatic rings. The average molecular weight is 685 g/mol. The first-order valence-corrected chi connectivity index (χ1v) is 19.0. The van der Waals surface area contributed by atoms with E-state index in [1.807, 2.05) is 0 Å². The molecule has 1 aromatic carbocycles. The summed E-state index contributed by atoms with van der Waals surface area (Å²) >= 11 is 2.42. The summed E-state index contributed by atoms with van der Waals surface area (Å²) in [6, 6.07) is 6.56. The molecule has 0 spiro atoms. The van der Waals surface area contributed by atoms with Crippen LogP contribution in [0.3, 0.4) is 0 Å². The topological polar surface area (TPSA) is 0 Å². The highest BCUT2D eigenvalue weighted by Gasteiger charge is 2.80. The van der Waals surface area contributed by atoms with Gasteiger partial charge < -0.3 is 0 Å². The van der Waals surface area contributed by atoms with Crippen LogP contribution in [0, 0.1) is 20.8 Å². The number of allylic oxidation sites excluding steroid dienone is 2. The molecule has 0 N–H and O–H groups in total. The molecular weight excluding hydrogens is 635 g/mol. The molecular formula is C38H50F6S2. The third-order valence-electron chi connectivity index (χ3n) is 9.62. The van der Waals surface area contributed by atoms with Crippen LogP contribution in [-0.2, 0) is 6.42 Å². The van der Waals surface area contributed by atoms with Crippen molar-refractivity contribution in [2.24, 2.45) is 0 Å². The molecule has 8 heteroatoms. The molecule has 1 aliphatic carbocycles. The van der Waals surface area contributed by atoms with Gasteiger partial charge in [0.05, 0.1) is 0 Å². The summed E-state index contributed by atoms with van der Waals surface area (Å²) in [4.78, 5) is 1.51. The lowest BCUT2D eigenvalue weighted by Gasteiger charge is -2.26. The van der Waals surface area contributed by atoms with Gasteiger partial charge in [-0.3, -0.25) is 0 Å². The second kappa shape index (κ2) is 16.1. The zero-order chi connectivity index (χ0) is 33.5. The van der Waals surface area contributed by atoms with Crippen molar-refractivity contribution < 1.29 is 26.3 Å². The molecule has 2 aromatic heterocycles. The standard InChI is InChI=1S/C38H50F6S2/c1-5-6-7-8-9-10-11-12-13-14-15-16-17-18-19-20-24-30-26(2)32(27(3)45-30)34-35(37(41,42)38(43,44)36(34,39)40)33-28(4)46-31-25-22-21-23-29(31)33/h21-23,25H,5-20,24H2,1-4H3. The van der Waals surface area contributed by atoms with Gasteiger partial charge in [-0.2, -0.15) is 26.3 Å². The van der Waals surface area contributed by atoms with Gasteiger partial charge >= 0.3 is 17.8 Å². The minimum Gasteiger partial charge on any atom is -0.194 e. The lowest BCUT2D eigenvalue weighted by Crippen LogP contribution is -2.49. The van der Waals surface area contributed by atoms with Gasteiger partial charge in [-0.15, -0.1) is 22.7 Å². The predicted molar refractivity (Wildman–Crippen MR) is 185 cm³/mol. The monoisotopic (exact) mass is 684 g/mol. The van der Waals surface area contributed by atoms with Crippen LogP contribution >= 0.6 is 22.7 Å². The van der Waals surface area contributed by atoms with Crippen molar-refractivity contribution in [3.05, 3.63) is 55.6 Å². The molecule has 0 radical (unpaired) electrons. The van der Waals surface area contributed by atoms with E-state index in [1.165, 1.54) is 95.3 Å². The molecule has 0 aliphatic heterocycles. The zero-order valence-electron chi connectivity index (χ0n) is 27.9. The number of hydrogen-bond acceptors (Lipinski definition) is 2. The van der Waals surface area contributed by atoms with Crippen molar-refractivity contribution in [1.82, 2.24) is 0 Å². The summed E-state index contributed by atoms with van der Waals surface area (Å²) in [5, 5.41) is 0.296. The number of fused-ring (bicyclic) bond motifs is 1. The van der Waals surface area contributed by atoms with E-state index >= 15 is 26.3 Å². The lowest BCUT2D eigenvalue weighted by molar-refractivity contribution is -0.254. The number of unbranched alkanes of at least 4 members (excludes halogenated alkanes) is 15. The maximum Gasteiger partial charge on any atom is 0.380 e. The molecule has 46 heavy (non-hydrogen) atoms. The summed E-state index contributed by atoms with van der Waals surface area (Å²) in [6.07, 6.45) is 20.6. The van der Waals surface area contributed by atoms with Crippen LogP contribution in [-0.4, -0.2) is 17.8 Å². The molecule has 4 rings (SSSR count). The van der Waals surface area contributed by atoms with Gasteiger partial charge in [0, 0.05) is 47.0 Å². The Morgan fingerprint density at radius 2 is 0.978 bits per heavy atom. The summed E-state index contributed by atoms with van der Waals surface area (Å²) in [5.74, 6) is -15.6. The van der Waals surface area contributed by atoms with E-state index in [1.54, 1.807) is 38.1 Å². The minimum absolute atomic E-state index is 0.136. The van der Waals surface area contributed by atoms with Crippen LogP contribution in [0.4, 0.5) is 26.3 Å². The van der Waals surface area contributed by atoms with Gasteiger partial charge in [0.15, 0.2) is 0 Å². The third-order valence-corrected chi connectivity index (χ3v) is 12.0. The maximum absolute atomic E-state index is 15.6. The third kappa shape index (κ3) is 7.58. The van der Waals surface area contributed by atoms with E-state index in [0.29, 0.717) is 31.8 Å². The molecule has 3 aromatic rings. The van der Waals surface area contributed by atoms with E-state index < -0.39 is 28.9 Å². The Morgan fingerprint density at radius 1 is 0.543 bits per heavy atom. The van der Waals surface area contributed by atoms with Crippen LogP contribution < -0.4 is 0 Å². The molecule has 0 unspecified atom stereocenters. The van der Waals surface area contributed by atoms with Crippen molar-refractivity contribution in [2.75, 3.05) is 0 Å². The Balaban J connectivity index is 1.36. The quantitative estimate of drug-likeness (QED) is 0.0871. The molecule has 0 fully saturated rings. The van der Waals surface area contributed by atoms with E-state index in [9.17, 15) is 0 Å². The number of benzene rings is 1. The number of alkyl halides is 6. The molecule has 0 nitrogen and oxygen atoms in total. The fourth-order valence-corrected chi connectivity index (χ4v) is 9.32. The Morgan fingerprint density at radius 3 is 1.50 bits per heavy atom. The van der Waals surface area contributed by atoms with Crippen molar-refractivity contribution in [3.63, 3.8) is 0 Å². The second-order valence-electron chi connectivity index (χ2n) is 13.1. The SMILES string of the molecule is CCCCCCCCCCCCCCCCCCc1sc(C)c(C2=C(c3c(C)sc4ccccc34)C(F)(F)C(F)(F)C2(F)F)c1C. The smallest absolute Gasteiger partial charge is 0.194 e. The van der Waals surface area contributed by atoms with Crippen LogP contribution in [0.25, 0.3) is 21.2 Å². The molecule has 0 atom stereocenters. The minimum atomic E-state index is -5.55. The van der Waals surface area contributed by atoms with E-state index in [2.05, 4.69) is 6.92 Å². The van der Waals surface area contributed by atoms with E-state index in [0.717, 1.165) is 41.9 Å². The highest BCUT2D eigenvalue weighted by molar-refractivity contribution is 7.19. The Hall–Kier alpha value is -1.80. The fourth-order valence-electron chi connectivity index (χ4n) is 7.02. The fraction of sp³-hybridized carbons (Fsp3) is 0.632. The first-order chi connectivity index (χ1) is 21.9. The van der Waals surface area contributed by atoms with E-state index in [4.69, 9.17) is 0 Å². The Bertz CT molecular complexity index is 1460. The molecule has 0 bridgehead atoms. The van der Waals surface area contributed by atoms with Gasteiger partial charge in [0.25, 0.3) is 0 Å². The van der Waals surface area contributed by atoms with Crippen LogP contribution in [0.1, 0.15) is 141 Å². The number of aryl methyl sites for hydroxylation is 3. The van der Waals surface area contributed by atoms with Crippen molar-refractivity contribution in [2.45, 2.75) is 155 Å². The predicted octanol–water partition coefficient (Wildman–Crippen LogP) is 14.5. The van der Waals surface area contributed by atoms with Crippen molar-refractivity contribution in [3.8, 4) is 0 Å². The van der Waals surface area contributed by atoms with Gasteiger partial charge in [-0.25, -0.2) is 0 Å². The summed E-state index contributed by atoms with van der Waals surface area (Å²) in [5.41, 5.74) is -2.35. The highest BCUT2D eigenvalue weighted by atomic mass is 32.1. The van der Waals surface area contributed by atoms with Crippen LogP contribution in [0.5, 0.6) is 0 Å². The van der Waals surface area contributed by atoms with Gasteiger partial charge in [0.2, 0.25) is 0 Å². The first-order valence-electron chi connectivity index (χ1n) is 17.3. The largest absolute Gasteiger partial charge is 0.380 e. The summed E-state index contributed by atoms with van der Waals surface area (Å²) < 4.78 is 93.2. The number of halogens is 6. The number of hydrogen-bond donors (Lipinski definition) is 0. The average Bonchev–Trinajstić information content (AvgIpc) is 3.51. The number of thiophene rings is 2. The first kappa shape index (κ1) is 37.0. The Labute approximate surface area is 279 Å². The molecule has 0 saturated heterocycles. The van der Waals surface area contributed by atoms with Gasteiger partial charge in [-0.05, 0) is 45.2 Å². The second-order valence-corrected chi connectivity index (χ2v) is 15.7. The zero-order valence-corrected chi connectivity index (χ0v) is 29.5. The van der Waals surface area contributed by atoms with Crippen LogP contribution in [0.15, 0.2) is 24.3 Å². The summed E-state index contributed by atoms with van der Waals surface area (Å²) in [7, 11) is 0. The van der Waals surface area contributed by atoms with Gasteiger partial charge in [0.1, 0.15) is 0 Å². The molecule has 256 valence electrons. The molecule has 2 heterocycles. The molecule has 0 saturated carbocycles. The lowest BCUT2D eigenvalue weighted by atomic mass is 9.91. The van der Waals surface area contributed by atoms with E-state index in [-0.39, 0.29) is 11.1 Å². The molecule has 0 amide bonds. The van der Waals surface area contributed by atoms with Crippen molar-refractivity contribution >= 4 is 43.9 Å². The maximum atomic E-state index is 15.6. The number of rotatable bonds is 19. The Kier molecular flexibility index (Phi) is 12.9. The highest BCUT2D eigenvalue weighted by Crippen LogP contribution is 2.66. The van der Waals surface area contributed by atoms with Gasteiger partial charge in [-0.1, -0.05) is 121 Å². The van der Waals surface area contributed by atoms with Crippen molar-refractivity contribution in [1.29, 1.82) is 0 Å².